The number of phenols is 1. The lowest BCUT2D eigenvalue weighted by Gasteiger charge is -2.32. The number of methoxy groups -OCH3 is 1. The summed E-state index contributed by atoms with van der Waals surface area (Å²) >= 11 is 0. The maximum Gasteiger partial charge on any atom is 0.253 e. The van der Waals surface area contributed by atoms with Crippen LogP contribution in [0.5, 0.6) is 5.75 Å². The molecule has 92 valence electrons. The van der Waals surface area contributed by atoms with Gasteiger partial charge in [-0.25, -0.2) is 0 Å². The molecule has 1 atom stereocenters. The molecule has 0 bridgehead atoms. The average molecular weight is 235 g/mol. The van der Waals surface area contributed by atoms with Crippen molar-refractivity contribution in [2.45, 2.75) is 18.9 Å². The number of benzene rings is 1. The van der Waals surface area contributed by atoms with Crippen molar-refractivity contribution < 1.29 is 14.6 Å². The van der Waals surface area contributed by atoms with Crippen LogP contribution in [0.4, 0.5) is 0 Å². The van der Waals surface area contributed by atoms with Gasteiger partial charge < -0.3 is 14.7 Å². The summed E-state index contributed by atoms with van der Waals surface area (Å²) in [5.74, 6) is 0.182. The monoisotopic (exact) mass is 235 g/mol. The summed E-state index contributed by atoms with van der Waals surface area (Å²) in [6, 6.07) is 6.36. The lowest BCUT2D eigenvalue weighted by molar-refractivity contribution is 0.0269. The van der Waals surface area contributed by atoms with Crippen LogP contribution in [0.25, 0.3) is 0 Å². The number of aromatic hydroxyl groups is 1. The number of likely N-dealkylation sites (tertiary alicyclic amines) is 1. The molecule has 0 saturated carbocycles. The van der Waals surface area contributed by atoms with Crippen molar-refractivity contribution in [2.75, 3.05) is 20.2 Å². The topological polar surface area (TPSA) is 49.8 Å². The number of ether oxygens (including phenoxy) is 1. The van der Waals surface area contributed by atoms with Crippen LogP contribution in [0, 0.1) is 0 Å². The number of phenolic OH excluding ortho intramolecular Hbond substituents is 1. The Labute approximate surface area is 101 Å². The Hall–Kier alpha value is -1.55. The van der Waals surface area contributed by atoms with E-state index in [9.17, 15) is 9.90 Å². The Morgan fingerprint density at radius 2 is 2.12 bits per heavy atom. The SMILES string of the molecule is COC1CCCN(C(=O)c2ccc(O)cc2)C1. The fraction of sp³-hybridized carbons (Fsp3) is 0.462. The first-order chi connectivity index (χ1) is 8.20. The van der Waals surface area contributed by atoms with Crippen LogP contribution in [0.15, 0.2) is 24.3 Å². The van der Waals surface area contributed by atoms with E-state index < -0.39 is 0 Å². The highest BCUT2D eigenvalue weighted by molar-refractivity contribution is 5.94. The molecule has 1 aromatic carbocycles. The molecule has 0 spiro atoms. The first-order valence-electron chi connectivity index (χ1n) is 5.82. The Kier molecular flexibility index (Phi) is 3.64. The Bertz CT molecular complexity index is 388. The summed E-state index contributed by atoms with van der Waals surface area (Å²) in [5, 5.41) is 9.18. The van der Waals surface area contributed by atoms with Gasteiger partial charge in [0.25, 0.3) is 5.91 Å². The number of hydrogen-bond acceptors (Lipinski definition) is 3. The smallest absolute Gasteiger partial charge is 0.253 e. The summed E-state index contributed by atoms with van der Waals surface area (Å²) in [7, 11) is 1.68. The third-order valence-electron chi connectivity index (χ3n) is 3.11. The molecule has 1 saturated heterocycles. The molecule has 1 unspecified atom stereocenters. The van der Waals surface area contributed by atoms with Crippen LogP contribution in [0.1, 0.15) is 23.2 Å². The highest BCUT2D eigenvalue weighted by atomic mass is 16.5. The van der Waals surface area contributed by atoms with Gasteiger partial charge in [-0.2, -0.15) is 0 Å². The van der Waals surface area contributed by atoms with Gasteiger partial charge in [0.15, 0.2) is 0 Å². The minimum absolute atomic E-state index is 0.00625. The summed E-state index contributed by atoms with van der Waals surface area (Å²) in [6.07, 6.45) is 2.13. The van der Waals surface area contributed by atoms with E-state index in [4.69, 9.17) is 4.74 Å². The van der Waals surface area contributed by atoms with Crippen molar-refractivity contribution in [2.24, 2.45) is 0 Å². The van der Waals surface area contributed by atoms with E-state index in [1.54, 1.807) is 19.2 Å². The van der Waals surface area contributed by atoms with Gasteiger partial charge in [0, 0.05) is 25.8 Å². The van der Waals surface area contributed by atoms with Gasteiger partial charge in [-0.3, -0.25) is 4.79 Å². The van der Waals surface area contributed by atoms with Gasteiger partial charge in [-0.05, 0) is 37.1 Å². The minimum atomic E-state index is 0.00625. The zero-order chi connectivity index (χ0) is 12.3. The van der Waals surface area contributed by atoms with E-state index in [1.807, 2.05) is 4.90 Å². The summed E-state index contributed by atoms with van der Waals surface area (Å²) in [4.78, 5) is 14.0. The molecule has 17 heavy (non-hydrogen) atoms. The van der Waals surface area contributed by atoms with Crippen molar-refractivity contribution in [1.82, 2.24) is 4.90 Å². The molecule has 1 amide bonds. The van der Waals surface area contributed by atoms with Gasteiger partial charge in [0.2, 0.25) is 0 Å². The summed E-state index contributed by atoms with van der Waals surface area (Å²) < 4.78 is 5.29. The predicted octanol–water partition coefficient (Wildman–Crippen LogP) is 1.64. The van der Waals surface area contributed by atoms with Crippen LogP contribution in [0.2, 0.25) is 0 Å². The van der Waals surface area contributed by atoms with Crippen molar-refractivity contribution >= 4 is 5.91 Å². The molecule has 1 N–H and O–H groups in total. The highest BCUT2D eigenvalue weighted by Crippen LogP contribution is 2.17. The van der Waals surface area contributed by atoms with Gasteiger partial charge in [-0.1, -0.05) is 0 Å². The number of amides is 1. The van der Waals surface area contributed by atoms with Crippen molar-refractivity contribution in [3.63, 3.8) is 0 Å². The van der Waals surface area contributed by atoms with E-state index in [0.29, 0.717) is 12.1 Å². The molecule has 1 aliphatic heterocycles. The normalized spacial score (nSPS) is 20.3. The van der Waals surface area contributed by atoms with Crippen LogP contribution < -0.4 is 0 Å². The van der Waals surface area contributed by atoms with Gasteiger partial charge in [0.05, 0.1) is 6.10 Å². The second kappa shape index (κ2) is 5.19. The molecule has 2 rings (SSSR count). The maximum absolute atomic E-state index is 12.2. The summed E-state index contributed by atoms with van der Waals surface area (Å²) in [6.45, 7) is 1.43. The van der Waals surface area contributed by atoms with Crippen LogP contribution in [0.3, 0.4) is 0 Å². The zero-order valence-electron chi connectivity index (χ0n) is 9.93. The van der Waals surface area contributed by atoms with Crippen LogP contribution >= 0.6 is 0 Å². The predicted molar refractivity (Wildman–Crippen MR) is 64.0 cm³/mol. The van der Waals surface area contributed by atoms with Gasteiger partial charge >= 0.3 is 0 Å². The highest BCUT2D eigenvalue weighted by Gasteiger charge is 2.24. The van der Waals surface area contributed by atoms with Crippen molar-refractivity contribution in [3.05, 3.63) is 29.8 Å². The molecule has 4 nitrogen and oxygen atoms in total. The number of rotatable bonds is 2. The second-order valence-electron chi connectivity index (χ2n) is 4.30. The van der Waals surface area contributed by atoms with E-state index in [1.165, 1.54) is 12.1 Å². The minimum Gasteiger partial charge on any atom is -0.508 e. The molecule has 1 aromatic rings. The number of hydrogen-bond donors (Lipinski definition) is 1. The Morgan fingerprint density at radius 1 is 1.41 bits per heavy atom. The average Bonchev–Trinajstić information content (AvgIpc) is 2.39. The van der Waals surface area contributed by atoms with Crippen LogP contribution in [-0.2, 0) is 4.74 Å². The number of nitrogens with zero attached hydrogens (tertiary/aromatic N) is 1. The van der Waals surface area contributed by atoms with Gasteiger partial charge in [-0.15, -0.1) is 0 Å². The third kappa shape index (κ3) is 2.77. The molecule has 1 aliphatic rings. The number of carbonyl (C=O) groups excluding carboxylic acids is 1. The molecule has 0 radical (unpaired) electrons. The zero-order valence-corrected chi connectivity index (χ0v) is 9.93. The van der Waals surface area contributed by atoms with Crippen molar-refractivity contribution in [1.29, 1.82) is 0 Å². The first-order valence-corrected chi connectivity index (χ1v) is 5.82. The molecule has 4 heteroatoms. The van der Waals surface area contributed by atoms with E-state index >= 15 is 0 Å². The van der Waals surface area contributed by atoms with E-state index in [0.717, 1.165) is 19.4 Å². The second-order valence-corrected chi connectivity index (χ2v) is 4.30. The Balaban J connectivity index is 2.06. The first kappa shape index (κ1) is 11.9. The molecular weight excluding hydrogens is 218 g/mol. The largest absolute Gasteiger partial charge is 0.508 e. The fourth-order valence-electron chi connectivity index (χ4n) is 2.10. The Morgan fingerprint density at radius 3 is 2.76 bits per heavy atom. The lowest BCUT2D eigenvalue weighted by Crippen LogP contribution is -2.42. The molecule has 0 aromatic heterocycles. The molecule has 1 heterocycles. The van der Waals surface area contributed by atoms with Crippen LogP contribution in [-0.4, -0.2) is 42.2 Å². The van der Waals surface area contributed by atoms with Crippen molar-refractivity contribution in [3.8, 4) is 5.75 Å². The molecular formula is C13H17NO3. The molecule has 0 aliphatic carbocycles. The summed E-state index contributed by atoms with van der Waals surface area (Å²) in [5.41, 5.74) is 0.611. The standard InChI is InChI=1S/C13H17NO3/c1-17-12-3-2-8-14(9-12)13(16)10-4-6-11(15)7-5-10/h4-7,12,15H,2-3,8-9H2,1H3. The van der Waals surface area contributed by atoms with E-state index in [2.05, 4.69) is 0 Å². The van der Waals surface area contributed by atoms with Gasteiger partial charge in [0.1, 0.15) is 5.75 Å². The number of carbonyl (C=O) groups is 1. The third-order valence-corrected chi connectivity index (χ3v) is 3.11. The molecule has 1 fully saturated rings. The quantitative estimate of drug-likeness (QED) is 0.847. The maximum atomic E-state index is 12.2. The lowest BCUT2D eigenvalue weighted by atomic mass is 10.1. The fourth-order valence-corrected chi connectivity index (χ4v) is 2.10. The van der Waals surface area contributed by atoms with E-state index in [-0.39, 0.29) is 17.8 Å². The number of piperidine rings is 1.